The van der Waals surface area contributed by atoms with Crippen molar-refractivity contribution in [2.75, 3.05) is 46.6 Å². The molecule has 0 aromatic rings. The summed E-state index contributed by atoms with van der Waals surface area (Å²) in [5, 5.41) is 30.7. The molecule has 4 atom stereocenters. The molecule has 2 aliphatic heterocycles. The smallest absolute Gasteiger partial charge is 0.107 e. The second-order valence-corrected chi connectivity index (χ2v) is 5.72. The van der Waals surface area contributed by atoms with Crippen LogP contribution in [-0.2, 0) is 14.2 Å². The van der Waals surface area contributed by atoms with Crippen molar-refractivity contribution in [3.05, 3.63) is 0 Å². The predicted molar refractivity (Wildman–Crippen MR) is 70.4 cm³/mol. The molecule has 0 radical (unpaired) electrons. The summed E-state index contributed by atoms with van der Waals surface area (Å²) in [5.74, 6) is 0. The Morgan fingerprint density at radius 3 is 2.20 bits per heavy atom. The molecule has 2 fully saturated rings. The van der Waals surface area contributed by atoms with Gasteiger partial charge in [0, 0.05) is 26.6 Å². The molecule has 0 bridgehead atoms. The highest BCUT2D eigenvalue weighted by Crippen LogP contribution is 2.35. The summed E-state index contributed by atoms with van der Waals surface area (Å²) < 4.78 is 16.0. The maximum atomic E-state index is 9.20. The first-order valence-corrected chi connectivity index (χ1v) is 7.01. The van der Waals surface area contributed by atoms with Crippen LogP contribution in [0.1, 0.15) is 6.42 Å². The van der Waals surface area contributed by atoms with E-state index in [-0.39, 0.29) is 44.2 Å². The minimum atomic E-state index is -0.868. The average Bonchev–Trinajstić information content (AvgIpc) is 3.37. The molecule has 7 heteroatoms. The van der Waals surface area contributed by atoms with Gasteiger partial charge in [0.2, 0.25) is 0 Å². The quantitative estimate of drug-likeness (QED) is 0.330. The van der Waals surface area contributed by atoms with Crippen molar-refractivity contribution in [1.29, 1.82) is 0 Å². The minimum absolute atomic E-state index is 0.149. The molecule has 2 rings (SSSR count). The Morgan fingerprint density at radius 1 is 1.00 bits per heavy atom. The Morgan fingerprint density at radius 2 is 1.60 bits per heavy atom. The number of epoxide rings is 2. The fourth-order valence-electron chi connectivity index (χ4n) is 2.29. The van der Waals surface area contributed by atoms with Gasteiger partial charge in [-0.15, -0.1) is 0 Å². The topological polar surface area (TPSA) is 107 Å². The SMILES string of the molecule is COCC1OC1CC1OC1CNCC(CO)(CO)CO. The van der Waals surface area contributed by atoms with Crippen molar-refractivity contribution in [3.8, 4) is 0 Å². The van der Waals surface area contributed by atoms with E-state index in [1.54, 1.807) is 7.11 Å². The van der Waals surface area contributed by atoms with E-state index in [2.05, 4.69) is 5.32 Å². The van der Waals surface area contributed by atoms with Crippen molar-refractivity contribution in [1.82, 2.24) is 5.32 Å². The Hall–Kier alpha value is -0.280. The van der Waals surface area contributed by atoms with Crippen molar-refractivity contribution in [3.63, 3.8) is 0 Å². The van der Waals surface area contributed by atoms with E-state index >= 15 is 0 Å². The van der Waals surface area contributed by atoms with Crippen LogP contribution in [0.2, 0.25) is 0 Å². The Bertz CT molecular complexity index is 290. The molecule has 2 aliphatic rings. The van der Waals surface area contributed by atoms with Crippen LogP contribution < -0.4 is 5.32 Å². The number of aliphatic hydroxyl groups is 3. The molecule has 0 aromatic carbocycles. The van der Waals surface area contributed by atoms with Gasteiger partial charge in [-0.25, -0.2) is 0 Å². The molecule has 20 heavy (non-hydrogen) atoms. The lowest BCUT2D eigenvalue weighted by molar-refractivity contribution is 0.00631. The summed E-state index contributed by atoms with van der Waals surface area (Å²) in [5.41, 5.74) is -0.868. The summed E-state index contributed by atoms with van der Waals surface area (Å²) in [6.07, 6.45) is 1.70. The van der Waals surface area contributed by atoms with E-state index in [4.69, 9.17) is 14.2 Å². The van der Waals surface area contributed by atoms with Gasteiger partial charge in [-0.1, -0.05) is 0 Å². The summed E-state index contributed by atoms with van der Waals surface area (Å²) in [6.45, 7) is 0.874. The van der Waals surface area contributed by atoms with Gasteiger partial charge in [0.05, 0.1) is 50.2 Å². The zero-order valence-electron chi connectivity index (χ0n) is 11.8. The second kappa shape index (κ2) is 7.13. The minimum Gasteiger partial charge on any atom is -0.396 e. The highest BCUT2D eigenvalue weighted by Gasteiger charge is 2.48. The average molecular weight is 291 g/mol. The third kappa shape index (κ3) is 4.11. The summed E-state index contributed by atoms with van der Waals surface area (Å²) >= 11 is 0. The van der Waals surface area contributed by atoms with Gasteiger partial charge in [0.15, 0.2) is 0 Å². The highest BCUT2D eigenvalue weighted by atomic mass is 16.6. The number of hydrogen-bond acceptors (Lipinski definition) is 7. The Balaban J connectivity index is 1.56. The van der Waals surface area contributed by atoms with Crippen LogP contribution in [0.25, 0.3) is 0 Å². The van der Waals surface area contributed by atoms with Gasteiger partial charge < -0.3 is 34.8 Å². The van der Waals surface area contributed by atoms with Crippen molar-refractivity contribution in [2.24, 2.45) is 5.41 Å². The van der Waals surface area contributed by atoms with Gasteiger partial charge in [-0.2, -0.15) is 0 Å². The monoisotopic (exact) mass is 291 g/mol. The number of aliphatic hydroxyl groups excluding tert-OH is 3. The summed E-state index contributed by atoms with van der Waals surface area (Å²) in [4.78, 5) is 0. The number of rotatable bonds is 11. The first-order valence-electron chi connectivity index (χ1n) is 7.01. The molecule has 0 aromatic heterocycles. The molecule has 0 amide bonds. The maximum Gasteiger partial charge on any atom is 0.107 e. The van der Waals surface area contributed by atoms with E-state index in [0.29, 0.717) is 19.7 Å². The zero-order valence-corrected chi connectivity index (χ0v) is 11.8. The predicted octanol–water partition coefficient (Wildman–Crippen LogP) is -1.89. The number of methoxy groups -OCH3 is 1. The maximum absolute atomic E-state index is 9.20. The molecular weight excluding hydrogens is 266 g/mol. The fraction of sp³-hybridized carbons (Fsp3) is 1.00. The number of ether oxygens (including phenoxy) is 3. The Kier molecular flexibility index (Phi) is 5.74. The van der Waals surface area contributed by atoms with Gasteiger partial charge in [0.25, 0.3) is 0 Å². The van der Waals surface area contributed by atoms with Crippen molar-refractivity contribution >= 4 is 0 Å². The lowest BCUT2D eigenvalue weighted by Crippen LogP contribution is -2.44. The van der Waals surface area contributed by atoms with Gasteiger partial charge in [0.1, 0.15) is 6.10 Å². The molecule has 2 saturated heterocycles. The zero-order chi connectivity index (χ0) is 14.6. The van der Waals surface area contributed by atoms with Crippen LogP contribution in [0.3, 0.4) is 0 Å². The lowest BCUT2D eigenvalue weighted by Gasteiger charge is -2.27. The van der Waals surface area contributed by atoms with E-state index in [1.807, 2.05) is 0 Å². The van der Waals surface area contributed by atoms with Gasteiger partial charge in [-0.3, -0.25) is 0 Å². The van der Waals surface area contributed by atoms with Crippen LogP contribution in [0.15, 0.2) is 0 Å². The standard InChI is InChI=1S/C13H25NO6/c1-18-4-12-10(20-12)2-9-11(19-9)3-14-5-13(6-15,7-16)8-17/h9-12,14-17H,2-8H2,1H3. The normalized spacial score (nSPS) is 32.4. The first-order chi connectivity index (χ1) is 9.68. The molecule has 2 heterocycles. The number of hydrogen-bond donors (Lipinski definition) is 4. The Labute approximate surface area is 118 Å². The first kappa shape index (κ1) is 16.1. The van der Waals surface area contributed by atoms with E-state index in [1.165, 1.54) is 0 Å². The lowest BCUT2D eigenvalue weighted by atomic mass is 9.91. The van der Waals surface area contributed by atoms with Crippen molar-refractivity contribution < 1.29 is 29.5 Å². The van der Waals surface area contributed by atoms with E-state index in [0.717, 1.165) is 6.42 Å². The molecule has 4 N–H and O–H groups in total. The summed E-state index contributed by atoms with van der Waals surface area (Å²) in [7, 11) is 1.66. The molecule has 118 valence electrons. The molecular formula is C13H25NO6. The molecule has 0 spiro atoms. The van der Waals surface area contributed by atoms with Crippen LogP contribution in [0.5, 0.6) is 0 Å². The van der Waals surface area contributed by atoms with Crippen LogP contribution >= 0.6 is 0 Å². The molecule has 4 unspecified atom stereocenters. The highest BCUT2D eigenvalue weighted by molar-refractivity contribution is 4.96. The molecule has 0 saturated carbocycles. The molecule has 0 aliphatic carbocycles. The third-order valence-electron chi connectivity index (χ3n) is 4.02. The van der Waals surface area contributed by atoms with Gasteiger partial charge in [-0.05, 0) is 0 Å². The van der Waals surface area contributed by atoms with E-state index < -0.39 is 5.41 Å². The third-order valence-corrected chi connectivity index (χ3v) is 4.02. The van der Waals surface area contributed by atoms with Crippen LogP contribution in [0.4, 0.5) is 0 Å². The largest absolute Gasteiger partial charge is 0.396 e. The van der Waals surface area contributed by atoms with Gasteiger partial charge >= 0.3 is 0 Å². The van der Waals surface area contributed by atoms with Crippen LogP contribution in [0, 0.1) is 5.41 Å². The summed E-state index contributed by atoms with van der Waals surface area (Å²) in [6, 6.07) is 0. The van der Waals surface area contributed by atoms with Crippen LogP contribution in [-0.4, -0.2) is 86.4 Å². The van der Waals surface area contributed by atoms with Crippen molar-refractivity contribution in [2.45, 2.75) is 30.8 Å². The fourth-order valence-corrected chi connectivity index (χ4v) is 2.29. The second-order valence-electron chi connectivity index (χ2n) is 5.72. The van der Waals surface area contributed by atoms with E-state index in [9.17, 15) is 15.3 Å². The molecule has 7 nitrogen and oxygen atoms in total. The number of nitrogens with one attached hydrogen (secondary N) is 1.